The molecule has 1 amide bonds. The number of hydrogen-bond donors (Lipinski definition) is 1. The standard InChI is InChI=1S/C19H17ClN2O/c1-13-4-2-3-5-15(13)12-17-19(23)22-18(21-17)11-8-14-6-9-16(20)10-7-14/h2-7,9-10,12H,8,11H2,1H3,(H,21,22,23)/b17-12-. The zero-order chi connectivity index (χ0) is 16.2. The molecule has 2 aromatic carbocycles. The van der Waals surface area contributed by atoms with E-state index < -0.39 is 0 Å². The lowest BCUT2D eigenvalue weighted by molar-refractivity contribution is -0.115. The number of nitrogens with one attached hydrogen (secondary N) is 1. The third-order valence-electron chi connectivity index (χ3n) is 3.79. The topological polar surface area (TPSA) is 41.5 Å². The highest BCUT2D eigenvalue weighted by atomic mass is 35.5. The summed E-state index contributed by atoms with van der Waals surface area (Å²) in [6.45, 7) is 2.02. The second-order valence-electron chi connectivity index (χ2n) is 5.53. The molecule has 3 nitrogen and oxygen atoms in total. The Kier molecular flexibility index (Phi) is 4.58. The van der Waals surface area contributed by atoms with Gasteiger partial charge in [0.05, 0.1) is 0 Å². The van der Waals surface area contributed by atoms with E-state index in [0.29, 0.717) is 18.0 Å². The van der Waals surface area contributed by atoms with Crippen molar-refractivity contribution < 1.29 is 4.79 Å². The lowest BCUT2D eigenvalue weighted by atomic mass is 10.1. The number of hydrogen-bond acceptors (Lipinski definition) is 2. The molecule has 0 atom stereocenters. The van der Waals surface area contributed by atoms with Crippen molar-refractivity contribution in [2.24, 2.45) is 4.99 Å². The molecule has 0 unspecified atom stereocenters. The molecule has 0 spiro atoms. The summed E-state index contributed by atoms with van der Waals surface area (Å²) in [5.74, 6) is 0.573. The smallest absolute Gasteiger partial charge is 0.275 e. The number of amides is 1. The molecule has 0 fully saturated rings. The molecule has 1 N–H and O–H groups in total. The van der Waals surface area contributed by atoms with E-state index in [0.717, 1.165) is 22.6 Å². The first kappa shape index (κ1) is 15.5. The molecular formula is C19H17ClN2O. The average molecular weight is 325 g/mol. The third-order valence-corrected chi connectivity index (χ3v) is 4.04. The van der Waals surface area contributed by atoms with Crippen LogP contribution in [0.4, 0.5) is 0 Å². The van der Waals surface area contributed by atoms with Crippen LogP contribution in [0.25, 0.3) is 6.08 Å². The van der Waals surface area contributed by atoms with Gasteiger partial charge in [-0.15, -0.1) is 0 Å². The number of halogens is 1. The minimum absolute atomic E-state index is 0.139. The lowest BCUT2D eigenvalue weighted by Gasteiger charge is -2.01. The normalized spacial score (nSPS) is 15.7. The minimum Gasteiger partial charge on any atom is -0.309 e. The summed E-state index contributed by atoms with van der Waals surface area (Å²) in [5.41, 5.74) is 3.77. The summed E-state index contributed by atoms with van der Waals surface area (Å²) in [7, 11) is 0. The quantitative estimate of drug-likeness (QED) is 0.843. The van der Waals surface area contributed by atoms with Gasteiger partial charge in [-0.1, -0.05) is 48.0 Å². The maximum atomic E-state index is 12.0. The SMILES string of the molecule is Cc1ccccc1/C=C1\N=C(CCc2ccc(Cl)cc2)NC1=O. The molecule has 1 aliphatic rings. The van der Waals surface area contributed by atoms with Gasteiger partial charge in [-0.05, 0) is 48.2 Å². The van der Waals surface area contributed by atoms with Crippen LogP contribution >= 0.6 is 11.6 Å². The Morgan fingerprint density at radius 3 is 2.57 bits per heavy atom. The van der Waals surface area contributed by atoms with E-state index in [2.05, 4.69) is 10.3 Å². The number of rotatable bonds is 4. The molecule has 0 bridgehead atoms. The maximum absolute atomic E-state index is 12.0. The van der Waals surface area contributed by atoms with Gasteiger partial charge in [0, 0.05) is 11.4 Å². The molecule has 116 valence electrons. The fourth-order valence-electron chi connectivity index (χ4n) is 2.45. The van der Waals surface area contributed by atoms with Crippen LogP contribution < -0.4 is 5.32 Å². The first-order valence-corrected chi connectivity index (χ1v) is 7.90. The van der Waals surface area contributed by atoms with E-state index in [-0.39, 0.29) is 5.91 Å². The van der Waals surface area contributed by atoms with Crippen molar-refractivity contribution >= 4 is 29.4 Å². The predicted octanol–water partition coefficient (Wildman–Crippen LogP) is 4.15. The molecule has 0 saturated carbocycles. The number of benzene rings is 2. The number of carbonyl (C=O) groups is 1. The average Bonchev–Trinajstić information content (AvgIpc) is 2.89. The van der Waals surface area contributed by atoms with Crippen molar-refractivity contribution in [2.75, 3.05) is 0 Å². The van der Waals surface area contributed by atoms with Gasteiger partial charge in [0.1, 0.15) is 11.5 Å². The van der Waals surface area contributed by atoms with E-state index >= 15 is 0 Å². The molecule has 23 heavy (non-hydrogen) atoms. The minimum atomic E-state index is -0.139. The van der Waals surface area contributed by atoms with Crippen molar-refractivity contribution in [2.45, 2.75) is 19.8 Å². The number of nitrogens with zero attached hydrogens (tertiary/aromatic N) is 1. The number of aliphatic imine (C=N–C) groups is 1. The van der Waals surface area contributed by atoms with Crippen LogP contribution in [0, 0.1) is 6.92 Å². The van der Waals surface area contributed by atoms with Gasteiger partial charge >= 0.3 is 0 Å². The summed E-state index contributed by atoms with van der Waals surface area (Å²) >= 11 is 5.88. The van der Waals surface area contributed by atoms with Crippen molar-refractivity contribution in [3.63, 3.8) is 0 Å². The summed E-state index contributed by atoms with van der Waals surface area (Å²) in [6, 6.07) is 15.7. The van der Waals surface area contributed by atoms with E-state index in [1.54, 1.807) is 0 Å². The fourth-order valence-corrected chi connectivity index (χ4v) is 2.57. The van der Waals surface area contributed by atoms with Gasteiger partial charge < -0.3 is 5.32 Å². The van der Waals surface area contributed by atoms with Gasteiger partial charge in [0.25, 0.3) is 5.91 Å². The van der Waals surface area contributed by atoms with Crippen LogP contribution in [0.2, 0.25) is 5.02 Å². The lowest BCUT2D eigenvalue weighted by Crippen LogP contribution is -2.24. The second-order valence-corrected chi connectivity index (χ2v) is 5.96. The Hall–Kier alpha value is -2.39. The zero-order valence-electron chi connectivity index (χ0n) is 12.8. The van der Waals surface area contributed by atoms with Gasteiger partial charge in [-0.25, -0.2) is 4.99 Å². The van der Waals surface area contributed by atoms with Crippen molar-refractivity contribution in [3.8, 4) is 0 Å². The summed E-state index contributed by atoms with van der Waals surface area (Å²) in [4.78, 5) is 16.5. The first-order chi connectivity index (χ1) is 11.1. The molecule has 0 aromatic heterocycles. The molecule has 1 heterocycles. The van der Waals surface area contributed by atoms with Crippen LogP contribution in [0.15, 0.2) is 59.2 Å². The van der Waals surface area contributed by atoms with E-state index in [1.807, 2.05) is 61.5 Å². The Labute approximate surface area is 140 Å². The fraction of sp³-hybridized carbons (Fsp3) is 0.158. The van der Waals surface area contributed by atoms with Crippen LogP contribution in [0.5, 0.6) is 0 Å². The van der Waals surface area contributed by atoms with Crippen LogP contribution in [-0.2, 0) is 11.2 Å². The molecule has 1 aliphatic heterocycles. The summed E-state index contributed by atoms with van der Waals surface area (Å²) in [5, 5.41) is 3.57. The molecule has 2 aromatic rings. The molecule has 0 aliphatic carbocycles. The first-order valence-electron chi connectivity index (χ1n) is 7.52. The Morgan fingerprint density at radius 2 is 1.83 bits per heavy atom. The predicted molar refractivity (Wildman–Crippen MR) is 94.5 cm³/mol. The van der Waals surface area contributed by atoms with E-state index in [1.165, 1.54) is 5.56 Å². The van der Waals surface area contributed by atoms with Gasteiger partial charge in [0.15, 0.2) is 0 Å². The molecule has 4 heteroatoms. The molecular weight excluding hydrogens is 308 g/mol. The number of carbonyl (C=O) groups excluding carboxylic acids is 1. The van der Waals surface area contributed by atoms with Crippen molar-refractivity contribution in [3.05, 3.63) is 75.9 Å². The molecule has 0 radical (unpaired) electrons. The van der Waals surface area contributed by atoms with Gasteiger partial charge in [0.2, 0.25) is 0 Å². The summed E-state index contributed by atoms with van der Waals surface area (Å²) in [6.07, 6.45) is 3.34. The number of amidine groups is 1. The monoisotopic (exact) mass is 324 g/mol. The highest BCUT2D eigenvalue weighted by molar-refractivity contribution is 6.30. The van der Waals surface area contributed by atoms with Gasteiger partial charge in [-0.2, -0.15) is 0 Å². The van der Waals surface area contributed by atoms with Crippen LogP contribution in [0.3, 0.4) is 0 Å². The largest absolute Gasteiger partial charge is 0.309 e. The summed E-state index contributed by atoms with van der Waals surface area (Å²) < 4.78 is 0. The van der Waals surface area contributed by atoms with Crippen molar-refractivity contribution in [1.82, 2.24) is 5.32 Å². The zero-order valence-corrected chi connectivity index (χ0v) is 13.6. The van der Waals surface area contributed by atoms with Crippen molar-refractivity contribution in [1.29, 1.82) is 0 Å². The van der Waals surface area contributed by atoms with Gasteiger partial charge in [-0.3, -0.25) is 4.79 Å². The van der Waals surface area contributed by atoms with E-state index in [4.69, 9.17) is 11.6 Å². The van der Waals surface area contributed by atoms with Crippen LogP contribution in [-0.4, -0.2) is 11.7 Å². The molecule has 0 saturated heterocycles. The molecule has 3 rings (SSSR count). The Morgan fingerprint density at radius 1 is 1.09 bits per heavy atom. The number of aryl methyl sites for hydroxylation is 2. The maximum Gasteiger partial charge on any atom is 0.275 e. The second kappa shape index (κ2) is 6.80. The Balaban J connectivity index is 1.71. The third kappa shape index (κ3) is 3.88. The highest BCUT2D eigenvalue weighted by Crippen LogP contribution is 2.17. The Bertz CT molecular complexity index is 791. The highest BCUT2D eigenvalue weighted by Gasteiger charge is 2.19. The van der Waals surface area contributed by atoms with E-state index in [9.17, 15) is 4.79 Å². The van der Waals surface area contributed by atoms with Crippen LogP contribution in [0.1, 0.15) is 23.1 Å².